The lowest BCUT2D eigenvalue weighted by atomic mass is 9.82. The second-order valence-corrected chi connectivity index (χ2v) is 4.81. The van der Waals surface area contributed by atoms with Crippen molar-refractivity contribution in [3.8, 4) is 0 Å². The maximum atomic E-state index is 12.0. The standard InChI is InChI=1S/C12H23N3O2.ClH/c1-3-14-10(16)9(2)15-11(17)12(13)7-5-4-6-8-12;/h9H,3-8,13H2,1-2H3,(H,14,16)(H,15,17);1H. The number of carbonyl (C=O) groups is 2. The second-order valence-electron chi connectivity index (χ2n) is 4.81. The first-order valence-electron chi connectivity index (χ1n) is 6.37. The molecule has 4 N–H and O–H groups in total. The van der Waals surface area contributed by atoms with Crippen molar-refractivity contribution >= 4 is 24.2 Å². The molecule has 1 aliphatic rings. The van der Waals surface area contributed by atoms with Gasteiger partial charge in [-0.25, -0.2) is 0 Å². The lowest BCUT2D eigenvalue weighted by molar-refractivity contribution is -0.132. The van der Waals surface area contributed by atoms with Crippen LogP contribution in [0.15, 0.2) is 0 Å². The lowest BCUT2D eigenvalue weighted by Gasteiger charge is -2.32. The monoisotopic (exact) mass is 277 g/mol. The summed E-state index contributed by atoms with van der Waals surface area (Å²) >= 11 is 0. The van der Waals surface area contributed by atoms with E-state index in [0.29, 0.717) is 19.4 Å². The molecule has 1 atom stereocenters. The fourth-order valence-corrected chi connectivity index (χ4v) is 2.14. The minimum atomic E-state index is -0.779. The summed E-state index contributed by atoms with van der Waals surface area (Å²) in [4.78, 5) is 23.5. The molecular weight excluding hydrogens is 254 g/mol. The van der Waals surface area contributed by atoms with Crippen molar-refractivity contribution < 1.29 is 9.59 Å². The van der Waals surface area contributed by atoms with Crippen LogP contribution in [-0.2, 0) is 9.59 Å². The Morgan fingerprint density at radius 1 is 1.28 bits per heavy atom. The van der Waals surface area contributed by atoms with E-state index in [1.165, 1.54) is 0 Å². The van der Waals surface area contributed by atoms with Crippen LogP contribution in [0, 0.1) is 0 Å². The highest BCUT2D eigenvalue weighted by atomic mass is 35.5. The van der Waals surface area contributed by atoms with Crippen LogP contribution < -0.4 is 16.4 Å². The van der Waals surface area contributed by atoms with E-state index in [0.717, 1.165) is 19.3 Å². The molecular formula is C12H24ClN3O2. The molecule has 0 bridgehead atoms. The molecule has 5 nitrogen and oxygen atoms in total. The van der Waals surface area contributed by atoms with Crippen LogP contribution >= 0.6 is 12.4 Å². The number of carbonyl (C=O) groups excluding carboxylic acids is 2. The highest BCUT2D eigenvalue weighted by Crippen LogP contribution is 2.25. The van der Waals surface area contributed by atoms with Gasteiger partial charge in [0, 0.05) is 6.54 Å². The fraction of sp³-hybridized carbons (Fsp3) is 0.833. The van der Waals surface area contributed by atoms with Gasteiger partial charge in [-0.05, 0) is 26.7 Å². The van der Waals surface area contributed by atoms with Gasteiger partial charge in [-0.3, -0.25) is 9.59 Å². The summed E-state index contributed by atoms with van der Waals surface area (Å²) in [6.45, 7) is 4.08. The summed E-state index contributed by atoms with van der Waals surface area (Å²) in [5.74, 6) is -0.365. The Labute approximate surface area is 115 Å². The number of hydrogen-bond donors (Lipinski definition) is 3. The number of likely N-dealkylation sites (N-methyl/N-ethyl adjacent to an activating group) is 1. The van der Waals surface area contributed by atoms with E-state index in [9.17, 15) is 9.59 Å². The van der Waals surface area contributed by atoms with Crippen molar-refractivity contribution in [2.45, 2.75) is 57.5 Å². The average molecular weight is 278 g/mol. The molecule has 106 valence electrons. The molecule has 0 heterocycles. The number of amides is 2. The molecule has 0 aromatic rings. The van der Waals surface area contributed by atoms with Crippen LogP contribution in [-0.4, -0.2) is 29.9 Å². The number of nitrogens with one attached hydrogen (secondary N) is 2. The summed E-state index contributed by atoms with van der Waals surface area (Å²) in [5.41, 5.74) is 5.30. The first-order chi connectivity index (χ1) is 7.99. The van der Waals surface area contributed by atoms with E-state index < -0.39 is 11.6 Å². The van der Waals surface area contributed by atoms with E-state index in [1.807, 2.05) is 6.92 Å². The molecule has 0 aliphatic heterocycles. The number of hydrogen-bond acceptors (Lipinski definition) is 3. The third-order valence-corrected chi connectivity index (χ3v) is 3.29. The van der Waals surface area contributed by atoms with Crippen LogP contribution in [0.2, 0.25) is 0 Å². The van der Waals surface area contributed by atoms with Gasteiger partial charge in [-0.15, -0.1) is 12.4 Å². The molecule has 0 radical (unpaired) electrons. The normalized spacial score (nSPS) is 19.3. The van der Waals surface area contributed by atoms with Crippen LogP contribution in [0.25, 0.3) is 0 Å². The molecule has 0 saturated heterocycles. The first kappa shape index (κ1) is 17.2. The quantitative estimate of drug-likeness (QED) is 0.708. The summed E-state index contributed by atoms with van der Waals surface area (Å²) < 4.78 is 0. The molecule has 0 aromatic carbocycles. The Kier molecular flexibility index (Phi) is 7.25. The van der Waals surface area contributed by atoms with Gasteiger partial charge in [0.2, 0.25) is 11.8 Å². The molecule has 1 rings (SSSR count). The highest BCUT2D eigenvalue weighted by molar-refractivity contribution is 5.91. The van der Waals surface area contributed by atoms with Crippen LogP contribution in [0.4, 0.5) is 0 Å². The van der Waals surface area contributed by atoms with Crippen molar-refractivity contribution in [2.24, 2.45) is 5.73 Å². The average Bonchev–Trinajstić information content (AvgIpc) is 2.30. The van der Waals surface area contributed by atoms with Crippen molar-refractivity contribution in [1.82, 2.24) is 10.6 Å². The first-order valence-corrected chi connectivity index (χ1v) is 6.37. The van der Waals surface area contributed by atoms with Gasteiger partial charge in [0.15, 0.2) is 0 Å². The summed E-state index contributed by atoms with van der Waals surface area (Å²) in [6.07, 6.45) is 4.53. The molecule has 0 aromatic heterocycles. The number of rotatable bonds is 4. The van der Waals surface area contributed by atoms with E-state index in [1.54, 1.807) is 6.92 Å². The largest absolute Gasteiger partial charge is 0.355 e. The third-order valence-electron chi connectivity index (χ3n) is 3.29. The molecule has 2 amide bonds. The Hall–Kier alpha value is -0.810. The van der Waals surface area contributed by atoms with E-state index >= 15 is 0 Å². The van der Waals surface area contributed by atoms with Crippen molar-refractivity contribution in [3.63, 3.8) is 0 Å². The van der Waals surface area contributed by atoms with Crippen molar-refractivity contribution in [1.29, 1.82) is 0 Å². The summed E-state index contributed by atoms with van der Waals surface area (Å²) in [6, 6.07) is -0.523. The molecule has 6 heteroatoms. The Balaban J connectivity index is 0.00000289. The van der Waals surface area contributed by atoms with Gasteiger partial charge in [0.25, 0.3) is 0 Å². The SMILES string of the molecule is CCNC(=O)C(C)NC(=O)C1(N)CCCCC1.Cl. The molecule has 0 spiro atoms. The zero-order valence-electron chi connectivity index (χ0n) is 11.1. The van der Waals surface area contributed by atoms with E-state index in [-0.39, 0.29) is 24.2 Å². The maximum Gasteiger partial charge on any atom is 0.242 e. The zero-order chi connectivity index (χ0) is 12.9. The Morgan fingerprint density at radius 2 is 1.83 bits per heavy atom. The van der Waals surface area contributed by atoms with Gasteiger partial charge in [-0.2, -0.15) is 0 Å². The van der Waals surface area contributed by atoms with E-state index in [2.05, 4.69) is 10.6 Å². The molecule has 1 saturated carbocycles. The lowest BCUT2D eigenvalue weighted by Crippen LogP contribution is -2.58. The van der Waals surface area contributed by atoms with Crippen LogP contribution in [0.1, 0.15) is 46.0 Å². The predicted octanol–water partition coefficient (Wildman–Crippen LogP) is 0.711. The minimum absolute atomic E-state index is 0. The summed E-state index contributed by atoms with van der Waals surface area (Å²) in [7, 11) is 0. The smallest absolute Gasteiger partial charge is 0.242 e. The van der Waals surface area contributed by atoms with Gasteiger partial charge < -0.3 is 16.4 Å². The summed E-state index contributed by atoms with van der Waals surface area (Å²) in [5, 5.41) is 5.37. The van der Waals surface area contributed by atoms with Gasteiger partial charge >= 0.3 is 0 Å². The second kappa shape index (κ2) is 7.59. The predicted molar refractivity (Wildman–Crippen MR) is 73.5 cm³/mol. The Bertz CT molecular complexity index is 291. The van der Waals surface area contributed by atoms with E-state index in [4.69, 9.17) is 5.73 Å². The van der Waals surface area contributed by atoms with Crippen LogP contribution in [0.5, 0.6) is 0 Å². The third kappa shape index (κ3) is 4.46. The highest BCUT2D eigenvalue weighted by Gasteiger charge is 2.36. The number of halogens is 1. The zero-order valence-corrected chi connectivity index (χ0v) is 11.9. The van der Waals surface area contributed by atoms with Gasteiger partial charge in [0.1, 0.15) is 6.04 Å². The topological polar surface area (TPSA) is 84.2 Å². The maximum absolute atomic E-state index is 12.0. The molecule has 1 aliphatic carbocycles. The van der Waals surface area contributed by atoms with Gasteiger partial charge in [-0.1, -0.05) is 19.3 Å². The fourth-order valence-electron chi connectivity index (χ4n) is 2.14. The van der Waals surface area contributed by atoms with Crippen molar-refractivity contribution in [2.75, 3.05) is 6.54 Å². The Morgan fingerprint density at radius 3 is 2.33 bits per heavy atom. The van der Waals surface area contributed by atoms with Crippen LogP contribution in [0.3, 0.4) is 0 Å². The number of nitrogens with two attached hydrogens (primary N) is 1. The molecule has 18 heavy (non-hydrogen) atoms. The van der Waals surface area contributed by atoms with Gasteiger partial charge in [0.05, 0.1) is 5.54 Å². The molecule has 1 unspecified atom stereocenters. The molecule has 1 fully saturated rings. The minimum Gasteiger partial charge on any atom is -0.355 e. The van der Waals surface area contributed by atoms with Crippen molar-refractivity contribution in [3.05, 3.63) is 0 Å².